The van der Waals surface area contributed by atoms with Gasteiger partial charge >= 0.3 is 0 Å². The molecule has 0 aliphatic rings. The van der Waals surface area contributed by atoms with Crippen molar-refractivity contribution < 1.29 is 9.05 Å². The molecular formula is C30H55O2PS2. The van der Waals surface area contributed by atoms with Gasteiger partial charge in [-0.1, -0.05) is 148 Å². The molecule has 35 heavy (non-hydrogen) atoms. The second-order valence-corrected chi connectivity index (χ2v) is 16.1. The Kier molecular flexibility index (Phi) is 23.2. The number of rotatable bonds is 26. The monoisotopic (exact) mass is 542 g/mol. The van der Waals surface area contributed by atoms with E-state index in [1.54, 1.807) is 11.4 Å². The zero-order chi connectivity index (χ0) is 25.3. The number of hydrogen-bond donors (Lipinski definition) is 0. The van der Waals surface area contributed by atoms with Crippen molar-refractivity contribution >= 4 is 28.9 Å². The third kappa shape index (κ3) is 20.8. The van der Waals surface area contributed by atoms with Crippen LogP contribution in [0, 0.1) is 0 Å². The summed E-state index contributed by atoms with van der Waals surface area (Å²) in [6.45, 7) is 6.02. The van der Waals surface area contributed by atoms with Gasteiger partial charge in [-0.05, 0) is 48.2 Å². The largest absolute Gasteiger partial charge is 0.321 e. The van der Waals surface area contributed by atoms with Crippen LogP contribution in [-0.4, -0.2) is 13.2 Å². The van der Waals surface area contributed by atoms with Crippen LogP contribution >= 0.6 is 17.1 Å². The normalized spacial score (nSPS) is 11.8. The van der Waals surface area contributed by atoms with Crippen LogP contribution in [0.15, 0.2) is 35.2 Å². The maximum Gasteiger partial charge on any atom is 0.252 e. The molecule has 0 N–H and O–H groups in total. The first-order chi connectivity index (χ1) is 17.2. The molecule has 0 heterocycles. The Bertz CT molecular complexity index is 582. The smallest absolute Gasteiger partial charge is 0.252 e. The third-order valence-electron chi connectivity index (χ3n) is 6.46. The molecule has 5 heteroatoms. The van der Waals surface area contributed by atoms with E-state index in [4.69, 9.17) is 20.9 Å². The molecule has 0 amide bonds. The fraction of sp³-hybridized carbons (Fsp3) is 0.800. The summed E-state index contributed by atoms with van der Waals surface area (Å²) in [6, 6.07) is 10.4. The van der Waals surface area contributed by atoms with Crippen LogP contribution in [0.4, 0.5) is 0 Å². The van der Waals surface area contributed by atoms with Crippen molar-refractivity contribution in [2.24, 2.45) is 0 Å². The topological polar surface area (TPSA) is 18.5 Å². The fourth-order valence-corrected chi connectivity index (χ4v) is 8.78. The lowest BCUT2D eigenvalue weighted by atomic mass is 10.1. The first-order valence-corrected chi connectivity index (χ1v) is 18.9. The van der Waals surface area contributed by atoms with E-state index in [0.29, 0.717) is 0 Å². The minimum atomic E-state index is -2.35. The first kappa shape index (κ1) is 33.2. The van der Waals surface area contributed by atoms with Crippen molar-refractivity contribution in [1.82, 2.24) is 0 Å². The van der Waals surface area contributed by atoms with Gasteiger partial charge in [0, 0.05) is 4.90 Å². The van der Waals surface area contributed by atoms with Gasteiger partial charge in [0.15, 0.2) is 0 Å². The molecule has 0 aliphatic carbocycles. The van der Waals surface area contributed by atoms with Gasteiger partial charge < -0.3 is 9.05 Å². The van der Waals surface area contributed by atoms with Crippen LogP contribution in [0.5, 0.6) is 0 Å². The number of benzene rings is 1. The van der Waals surface area contributed by atoms with Crippen molar-refractivity contribution in [2.45, 2.75) is 147 Å². The minimum absolute atomic E-state index is 0.728. The Morgan fingerprint density at radius 1 is 0.543 bits per heavy atom. The third-order valence-corrected chi connectivity index (χ3v) is 11.4. The summed E-state index contributed by atoms with van der Waals surface area (Å²) in [5.41, 5.74) is -2.35. The molecular weight excluding hydrogens is 487 g/mol. The molecule has 1 rings (SSSR count). The minimum Gasteiger partial charge on any atom is -0.321 e. The van der Waals surface area contributed by atoms with Crippen LogP contribution in [0.25, 0.3) is 0 Å². The Balaban J connectivity index is 2.19. The molecule has 1 aromatic rings. The molecule has 0 spiro atoms. The molecule has 0 bridgehead atoms. The summed E-state index contributed by atoms with van der Waals surface area (Å²) in [5.74, 6) is 0. The van der Waals surface area contributed by atoms with E-state index in [2.05, 4.69) is 38.1 Å². The van der Waals surface area contributed by atoms with Crippen LogP contribution in [0.3, 0.4) is 0 Å². The lowest BCUT2D eigenvalue weighted by Gasteiger charge is -2.21. The van der Waals surface area contributed by atoms with E-state index >= 15 is 0 Å². The van der Waals surface area contributed by atoms with Crippen molar-refractivity contribution in [3.8, 4) is 0 Å². The van der Waals surface area contributed by atoms with E-state index in [1.807, 2.05) is 6.07 Å². The van der Waals surface area contributed by atoms with Crippen molar-refractivity contribution in [3.05, 3.63) is 30.3 Å². The standard InChI is InChI=1S/C30H55O2PS2/c1-3-5-7-9-11-13-15-17-19-24-28-31-33(34,35-30-26-22-21-23-27-30)32-29-25-20-18-16-14-12-10-8-6-4-2/h21-23,26-27H,3-20,24-25,28-29H2,1-2H3. The van der Waals surface area contributed by atoms with E-state index in [9.17, 15) is 0 Å². The molecule has 2 nitrogen and oxygen atoms in total. The predicted octanol–water partition coefficient (Wildman–Crippen LogP) is 11.9. The highest BCUT2D eigenvalue weighted by Crippen LogP contribution is 2.64. The zero-order valence-electron chi connectivity index (χ0n) is 23.0. The van der Waals surface area contributed by atoms with Gasteiger partial charge in [-0.3, -0.25) is 0 Å². The van der Waals surface area contributed by atoms with E-state index in [1.165, 1.54) is 116 Å². The highest BCUT2D eigenvalue weighted by atomic mass is 32.9. The molecule has 0 aromatic heterocycles. The van der Waals surface area contributed by atoms with Gasteiger partial charge in [-0.2, -0.15) is 0 Å². The van der Waals surface area contributed by atoms with Gasteiger partial charge in [0.05, 0.1) is 13.2 Å². The zero-order valence-corrected chi connectivity index (χ0v) is 25.6. The summed E-state index contributed by atoms with van der Waals surface area (Å²) in [4.78, 5) is 1.15. The number of hydrogen-bond acceptors (Lipinski definition) is 4. The molecule has 0 radical (unpaired) electrons. The van der Waals surface area contributed by atoms with Crippen LogP contribution < -0.4 is 0 Å². The molecule has 0 saturated heterocycles. The lowest BCUT2D eigenvalue weighted by Crippen LogP contribution is -1.98. The summed E-state index contributed by atoms with van der Waals surface area (Å²) < 4.78 is 12.5. The molecule has 0 saturated carbocycles. The summed E-state index contributed by atoms with van der Waals surface area (Å²) in [5, 5.41) is 0. The van der Waals surface area contributed by atoms with E-state index in [0.717, 1.165) is 31.0 Å². The van der Waals surface area contributed by atoms with E-state index < -0.39 is 5.69 Å². The van der Waals surface area contributed by atoms with Crippen LogP contribution in [0.2, 0.25) is 0 Å². The summed E-state index contributed by atoms with van der Waals surface area (Å²) in [6.07, 6.45) is 26.6. The average Bonchev–Trinajstić information content (AvgIpc) is 2.86. The summed E-state index contributed by atoms with van der Waals surface area (Å²) >= 11 is 7.59. The number of unbranched alkanes of at least 4 members (excludes halogenated alkanes) is 18. The lowest BCUT2D eigenvalue weighted by molar-refractivity contribution is 0.249. The van der Waals surface area contributed by atoms with Crippen LogP contribution in [0.1, 0.15) is 142 Å². The maximum absolute atomic E-state index is 6.26. The Hall–Kier alpha value is 0.140. The van der Waals surface area contributed by atoms with Gasteiger partial charge in [0.2, 0.25) is 0 Å². The molecule has 0 aliphatic heterocycles. The average molecular weight is 543 g/mol. The van der Waals surface area contributed by atoms with Crippen LogP contribution in [-0.2, 0) is 20.9 Å². The predicted molar refractivity (Wildman–Crippen MR) is 162 cm³/mol. The second kappa shape index (κ2) is 24.5. The van der Waals surface area contributed by atoms with Crippen molar-refractivity contribution in [2.75, 3.05) is 13.2 Å². The Morgan fingerprint density at radius 2 is 0.886 bits per heavy atom. The van der Waals surface area contributed by atoms with Gasteiger partial charge in [0.1, 0.15) is 0 Å². The quantitative estimate of drug-likeness (QED) is 0.0855. The molecule has 0 fully saturated rings. The second-order valence-electron chi connectivity index (χ2n) is 9.88. The molecule has 1 aromatic carbocycles. The van der Waals surface area contributed by atoms with Crippen molar-refractivity contribution in [3.63, 3.8) is 0 Å². The van der Waals surface area contributed by atoms with Crippen molar-refractivity contribution in [1.29, 1.82) is 0 Å². The molecule has 0 unspecified atom stereocenters. The molecule has 204 valence electrons. The Morgan fingerprint density at radius 3 is 1.26 bits per heavy atom. The SMILES string of the molecule is CCCCCCCCCCCCOP(=S)(OCCCCCCCCCCCC)Sc1ccccc1. The maximum atomic E-state index is 6.26. The molecule has 0 atom stereocenters. The highest BCUT2D eigenvalue weighted by Gasteiger charge is 2.21. The Labute approximate surface area is 228 Å². The summed E-state index contributed by atoms with van der Waals surface area (Å²) in [7, 11) is 0. The first-order valence-electron chi connectivity index (χ1n) is 14.8. The van der Waals surface area contributed by atoms with Gasteiger partial charge in [0.25, 0.3) is 5.69 Å². The highest BCUT2D eigenvalue weighted by molar-refractivity contribution is 8.67. The van der Waals surface area contributed by atoms with E-state index in [-0.39, 0.29) is 0 Å². The fourth-order valence-electron chi connectivity index (χ4n) is 4.23. The van der Waals surface area contributed by atoms with Gasteiger partial charge in [-0.25, -0.2) is 0 Å². The van der Waals surface area contributed by atoms with Gasteiger partial charge in [-0.15, -0.1) is 0 Å².